The first-order valence-corrected chi connectivity index (χ1v) is 11.2. The second kappa shape index (κ2) is 14.0. The summed E-state index contributed by atoms with van der Waals surface area (Å²) in [6.45, 7) is -0.476. The van der Waals surface area contributed by atoms with Crippen LogP contribution in [0.2, 0.25) is 0 Å². The first-order chi connectivity index (χ1) is 15.1. The number of primary amides is 1. The van der Waals surface area contributed by atoms with Gasteiger partial charge in [-0.1, -0.05) is 30.3 Å². The Morgan fingerprint density at radius 2 is 1.69 bits per heavy atom. The molecule has 3 unspecified atom stereocenters. The highest BCUT2D eigenvalue weighted by Crippen LogP contribution is 2.04. The molecule has 0 heterocycles. The molecule has 0 spiro atoms. The number of rotatable bonds is 14. The first kappa shape index (κ1) is 26.9. The van der Waals surface area contributed by atoms with Crippen molar-refractivity contribution in [3.8, 4) is 0 Å². The molecule has 0 saturated carbocycles. The Labute approximate surface area is 190 Å². The van der Waals surface area contributed by atoms with E-state index in [9.17, 15) is 29.1 Å². The van der Waals surface area contributed by atoms with E-state index in [4.69, 9.17) is 11.5 Å². The second-order valence-electron chi connectivity index (χ2n) is 6.99. The van der Waals surface area contributed by atoms with Crippen LogP contribution in [0.1, 0.15) is 18.4 Å². The molecule has 0 aliphatic rings. The Morgan fingerprint density at radius 1 is 1.03 bits per heavy atom. The Kier molecular flexibility index (Phi) is 11.8. The number of hydrogen-bond acceptors (Lipinski definition) is 7. The quantitative estimate of drug-likeness (QED) is 0.187. The summed E-state index contributed by atoms with van der Waals surface area (Å²) in [6, 6.07) is 5.44. The maximum absolute atomic E-state index is 12.5. The number of carboxylic acid groups (broad SMARTS) is 1. The van der Waals surface area contributed by atoms with E-state index in [1.165, 1.54) is 11.8 Å². The van der Waals surface area contributed by atoms with Gasteiger partial charge in [-0.2, -0.15) is 11.8 Å². The molecule has 32 heavy (non-hydrogen) atoms. The van der Waals surface area contributed by atoms with Gasteiger partial charge >= 0.3 is 5.97 Å². The van der Waals surface area contributed by atoms with E-state index < -0.39 is 54.3 Å². The minimum atomic E-state index is -1.21. The molecule has 0 aliphatic heterocycles. The summed E-state index contributed by atoms with van der Waals surface area (Å²) in [5.74, 6) is -3.47. The van der Waals surface area contributed by atoms with E-state index in [0.717, 1.165) is 5.56 Å². The van der Waals surface area contributed by atoms with E-state index in [1.807, 2.05) is 6.26 Å². The number of carbonyl (C=O) groups excluding carboxylic acids is 4. The summed E-state index contributed by atoms with van der Waals surface area (Å²) in [7, 11) is 0. The predicted molar refractivity (Wildman–Crippen MR) is 119 cm³/mol. The summed E-state index contributed by atoms with van der Waals surface area (Å²) < 4.78 is 0. The molecule has 3 atom stereocenters. The third-order valence-electron chi connectivity index (χ3n) is 4.34. The fourth-order valence-electron chi connectivity index (χ4n) is 2.68. The molecule has 8 N–H and O–H groups in total. The molecule has 176 valence electrons. The number of carboxylic acids is 1. The van der Waals surface area contributed by atoms with E-state index in [1.54, 1.807) is 30.3 Å². The molecule has 0 saturated heterocycles. The van der Waals surface area contributed by atoms with Crippen molar-refractivity contribution >= 4 is 41.4 Å². The van der Waals surface area contributed by atoms with Crippen molar-refractivity contribution < 1.29 is 29.1 Å². The van der Waals surface area contributed by atoms with Gasteiger partial charge in [-0.3, -0.25) is 19.2 Å². The zero-order valence-corrected chi connectivity index (χ0v) is 18.5. The summed E-state index contributed by atoms with van der Waals surface area (Å²) in [4.78, 5) is 59.2. The van der Waals surface area contributed by atoms with Gasteiger partial charge in [0.1, 0.15) is 12.1 Å². The second-order valence-corrected chi connectivity index (χ2v) is 7.97. The van der Waals surface area contributed by atoms with Crippen LogP contribution in [0.4, 0.5) is 0 Å². The Morgan fingerprint density at radius 3 is 2.25 bits per heavy atom. The zero-order valence-electron chi connectivity index (χ0n) is 17.7. The van der Waals surface area contributed by atoms with Gasteiger partial charge in [0.15, 0.2) is 0 Å². The molecule has 0 aromatic heterocycles. The summed E-state index contributed by atoms with van der Waals surface area (Å²) >= 11 is 1.45. The number of amides is 4. The van der Waals surface area contributed by atoms with Gasteiger partial charge in [-0.25, -0.2) is 4.79 Å². The van der Waals surface area contributed by atoms with E-state index >= 15 is 0 Å². The number of nitrogens with two attached hydrogens (primary N) is 2. The van der Waals surface area contributed by atoms with Gasteiger partial charge in [0.25, 0.3) is 0 Å². The number of nitrogens with one attached hydrogen (secondary N) is 3. The van der Waals surface area contributed by atoms with Crippen LogP contribution in [0.3, 0.4) is 0 Å². The van der Waals surface area contributed by atoms with Crippen LogP contribution in [0.15, 0.2) is 30.3 Å². The average Bonchev–Trinajstić information content (AvgIpc) is 2.74. The third kappa shape index (κ3) is 10.3. The van der Waals surface area contributed by atoms with Crippen molar-refractivity contribution in [3.05, 3.63) is 35.9 Å². The molecule has 0 fully saturated rings. The summed E-state index contributed by atoms with van der Waals surface area (Å²) in [5, 5.41) is 16.6. The SMILES string of the molecule is CSCCC(NC(=O)C(N)CC(N)=O)C(=O)NCC(=O)NC(Cc1ccccc1)C(=O)O. The van der Waals surface area contributed by atoms with Crippen LogP contribution >= 0.6 is 11.8 Å². The number of carbonyl (C=O) groups is 5. The van der Waals surface area contributed by atoms with Gasteiger partial charge in [0, 0.05) is 6.42 Å². The van der Waals surface area contributed by atoms with Crippen molar-refractivity contribution in [2.75, 3.05) is 18.6 Å². The van der Waals surface area contributed by atoms with E-state index in [0.29, 0.717) is 5.75 Å². The number of hydrogen-bond donors (Lipinski definition) is 6. The minimum absolute atomic E-state index is 0.0833. The van der Waals surface area contributed by atoms with Crippen molar-refractivity contribution in [1.29, 1.82) is 0 Å². The maximum atomic E-state index is 12.5. The minimum Gasteiger partial charge on any atom is -0.480 e. The van der Waals surface area contributed by atoms with Crippen LogP contribution in [-0.4, -0.2) is 71.4 Å². The lowest BCUT2D eigenvalue weighted by Crippen LogP contribution is -2.54. The third-order valence-corrected chi connectivity index (χ3v) is 4.98. The highest BCUT2D eigenvalue weighted by Gasteiger charge is 2.25. The smallest absolute Gasteiger partial charge is 0.326 e. The van der Waals surface area contributed by atoms with Gasteiger partial charge in [0.2, 0.25) is 23.6 Å². The molecule has 0 aliphatic carbocycles. The lowest BCUT2D eigenvalue weighted by molar-refractivity contribution is -0.141. The van der Waals surface area contributed by atoms with Crippen LogP contribution < -0.4 is 27.4 Å². The highest BCUT2D eigenvalue weighted by atomic mass is 32.2. The topological polar surface area (TPSA) is 194 Å². The Bertz CT molecular complexity index is 807. The molecule has 1 aromatic carbocycles. The molecule has 1 rings (SSSR count). The first-order valence-electron chi connectivity index (χ1n) is 9.81. The monoisotopic (exact) mass is 467 g/mol. The molecule has 1 aromatic rings. The lowest BCUT2D eigenvalue weighted by atomic mass is 10.1. The Hall–Kier alpha value is -3.12. The number of thioether (sulfide) groups is 1. The number of benzene rings is 1. The van der Waals surface area contributed by atoms with Gasteiger partial charge < -0.3 is 32.5 Å². The normalized spacial score (nSPS) is 13.3. The van der Waals surface area contributed by atoms with E-state index in [-0.39, 0.29) is 19.3 Å². The van der Waals surface area contributed by atoms with Crippen LogP contribution in [0.25, 0.3) is 0 Å². The van der Waals surface area contributed by atoms with E-state index in [2.05, 4.69) is 16.0 Å². The molecule has 0 radical (unpaired) electrons. The van der Waals surface area contributed by atoms with Crippen molar-refractivity contribution in [2.24, 2.45) is 11.5 Å². The van der Waals surface area contributed by atoms with Crippen molar-refractivity contribution in [3.63, 3.8) is 0 Å². The Balaban J connectivity index is 2.64. The standard InChI is InChI=1S/C20H29N5O6S/c1-32-8-7-14(25-18(28)13(21)10-16(22)26)19(29)23-11-17(27)24-15(20(30)31)9-12-5-3-2-4-6-12/h2-6,13-15H,7-11,21H2,1H3,(H2,22,26)(H,23,29)(H,24,27)(H,25,28)(H,30,31). The molecule has 0 bridgehead atoms. The lowest BCUT2D eigenvalue weighted by Gasteiger charge is -2.20. The highest BCUT2D eigenvalue weighted by molar-refractivity contribution is 7.98. The average molecular weight is 468 g/mol. The largest absolute Gasteiger partial charge is 0.480 e. The van der Waals surface area contributed by atoms with Gasteiger partial charge in [-0.15, -0.1) is 0 Å². The summed E-state index contributed by atoms with van der Waals surface area (Å²) in [5.41, 5.74) is 11.4. The van der Waals surface area contributed by atoms with Gasteiger partial charge in [-0.05, 0) is 24.0 Å². The number of aliphatic carboxylic acids is 1. The fraction of sp³-hybridized carbons (Fsp3) is 0.450. The van der Waals surface area contributed by atoms with Crippen molar-refractivity contribution in [2.45, 2.75) is 37.4 Å². The van der Waals surface area contributed by atoms with Crippen LogP contribution in [-0.2, 0) is 30.4 Å². The molecule has 12 heteroatoms. The van der Waals surface area contributed by atoms with Crippen molar-refractivity contribution in [1.82, 2.24) is 16.0 Å². The fourth-order valence-corrected chi connectivity index (χ4v) is 3.15. The van der Waals surface area contributed by atoms with Crippen LogP contribution in [0, 0.1) is 0 Å². The molecule has 11 nitrogen and oxygen atoms in total. The predicted octanol–water partition coefficient (Wildman–Crippen LogP) is -1.64. The zero-order chi connectivity index (χ0) is 24.1. The van der Waals surface area contributed by atoms with Gasteiger partial charge in [0.05, 0.1) is 19.0 Å². The molecular formula is C20H29N5O6S. The molecular weight excluding hydrogens is 438 g/mol. The molecule has 4 amide bonds. The maximum Gasteiger partial charge on any atom is 0.326 e. The van der Waals surface area contributed by atoms with Crippen LogP contribution in [0.5, 0.6) is 0 Å². The summed E-state index contributed by atoms with van der Waals surface area (Å²) in [6.07, 6.45) is 1.79.